The zero-order valence-corrected chi connectivity index (χ0v) is 20.1. The van der Waals surface area contributed by atoms with Crippen LogP contribution in [0.2, 0.25) is 0 Å². The van der Waals surface area contributed by atoms with Gasteiger partial charge < -0.3 is 14.2 Å². The monoisotopic (exact) mass is 477 g/mol. The molecular formula is C27H28FN3O4. The molecule has 2 aliphatic rings. The Kier molecular flexibility index (Phi) is 5.62. The molecule has 0 aliphatic carbocycles. The fourth-order valence-electron chi connectivity index (χ4n) is 5.02. The molecule has 0 saturated carbocycles. The molecule has 1 fully saturated rings. The number of fused-ring (bicyclic) bond motifs is 4. The van der Waals surface area contributed by atoms with E-state index in [9.17, 15) is 18.8 Å². The largest absolute Gasteiger partial charge is 0.460 e. The Bertz CT molecular complexity index is 1320. The maximum absolute atomic E-state index is 13.4. The Labute approximate surface area is 203 Å². The second-order valence-corrected chi connectivity index (χ2v) is 10.1. The summed E-state index contributed by atoms with van der Waals surface area (Å²) in [6, 6.07) is 13.4. The third-order valence-electron chi connectivity index (χ3n) is 6.53. The molecule has 8 heteroatoms. The van der Waals surface area contributed by atoms with Crippen LogP contribution >= 0.6 is 0 Å². The fraction of sp³-hybridized carbons (Fsp3) is 0.370. The van der Waals surface area contributed by atoms with Gasteiger partial charge in [0.15, 0.2) is 0 Å². The van der Waals surface area contributed by atoms with Crippen LogP contribution in [0.25, 0.3) is 10.9 Å². The van der Waals surface area contributed by atoms with E-state index in [1.807, 2.05) is 24.3 Å². The number of hydrogen-bond donors (Lipinski definition) is 0. The topological polar surface area (TPSA) is 71.8 Å². The lowest BCUT2D eigenvalue weighted by Gasteiger charge is -2.28. The molecule has 1 saturated heterocycles. The summed E-state index contributed by atoms with van der Waals surface area (Å²) in [5, 5.41) is 1.05. The second-order valence-electron chi connectivity index (χ2n) is 10.1. The van der Waals surface area contributed by atoms with Gasteiger partial charge in [0.05, 0.1) is 13.0 Å². The predicted molar refractivity (Wildman–Crippen MR) is 128 cm³/mol. The maximum atomic E-state index is 13.4. The molecule has 5 rings (SSSR count). The van der Waals surface area contributed by atoms with Crippen LogP contribution in [0.5, 0.6) is 0 Å². The molecule has 1 aromatic heterocycles. The number of urea groups is 1. The first-order valence-electron chi connectivity index (χ1n) is 11.8. The molecule has 3 heterocycles. The van der Waals surface area contributed by atoms with Crippen LogP contribution in [0.15, 0.2) is 48.5 Å². The second kappa shape index (κ2) is 8.52. The van der Waals surface area contributed by atoms with Crippen LogP contribution in [-0.2, 0) is 33.8 Å². The minimum absolute atomic E-state index is 0.000126. The molecule has 1 atom stereocenters. The van der Waals surface area contributed by atoms with E-state index >= 15 is 0 Å². The van der Waals surface area contributed by atoms with E-state index in [0.717, 1.165) is 27.7 Å². The van der Waals surface area contributed by atoms with Crippen molar-refractivity contribution in [2.45, 2.75) is 58.3 Å². The highest BCUT2D eigenvalue weighted by molar-refractivity contribution is 6.05. The Morgan fingerprint density at radius 3 is 2.51 bits per heavy atom. The molecule has 2 aromatic carbocycles. The maximum Gasteiger partial charge on any atom is 0.327 e. The van der Waals surface area contributed by atoms with E-state index in [0.29, 0.717) is 19.5 Å². The minimum Gasteiger partial charge on any atom is -0.460 e. The van der Waals surface area contributed by atoms with E-state index in [1.54, 1.807) is 37.8 Å². The lowest BCUT2D eigenvalue weighted by atomic mass is 9.97. The Hall–Kier alpha value is -3.68. The summed E-state index contributed by atoms with van der Waals surface area (Å²) in [6.07, 6.45) is 0.377. The van der Waals surface area contributed by atoms with Gasteiger partial charge in [-0.3, -0.25) is 14.5 Å². The van der Waals surface area contributed by atoms with Crippen molar-refractivity contribution in [3.8, 4) is 0 Å². The van der Waals surface area contributed by atoms with Crippen LogP contribution in [0.3, 0.4) is 0 Å². The molecule has 0 spiro atoms. The number of benzene rings is 2. The zero-order valence-electron chi connectivity index (χ0n) is 20.1. The molecule has 7 nitrogen and oxygen atoms in total. The van der Waals surface area contributed by atoms with Gasteiger partial charge in [0.2, 0.25) is 0 Å². The van der Waals surface area contributed by atoms with Crippen LogP contribution in [0.4, 0.5) is 9.18 Å². The third kappa shape index (κ3) is 4.29. The molecule has 182 valence electrons. The average Bonchev–Trinajstić information content (AvgIpc) is 3.23. The van der Waals surface area contributed by atoms with Crippen molar-refractivity contribution >= 4 is 28.8 Å². The van der Waals surface area contributed by atoms with E-state index in [2.05, 4.69) is 4.57 Å². The van der Waals surface area contributed by atoms with E-state index in [1.165, 1.54) is 17.0 Å². The minimum atomic E-state index is -0.625. The summed E-state index contributed by atoms with van der Waals surface area (Å²) >= 11 is 0. The Balaban J connectivity index is 1.42. The highest BCUT2D eigenvalue weighted by Crippen LogP contribution is 2.37. The van der Waals surface area contributed by atoms with Crippen LogP contribution in [-0.4, -0.2) is 50.5 Å². The van der Waals surface area contributed by atoms with E-state index in [4.69, 9.17) is 4.74 Å². The van der Waals surface area contributed by atoms with Crippen molar-refractivity contribution in [2.24, 2.45) is 0 Å². The van der Waals surface area contributed by atoms with Gasteiger partial charge in [-0.1, -0.05) is 30.3 Å². The molecule has 0 bridgehead atoms. The van der Waals surface area contributed by atoms with Gasteiger partial charge in [-0.2, -0.15) is 0 Å². The number of ether oxygens (including phenoxy) is 1. The van der Waals surface area contributed by atoms with Crippen molar-refractivity contribution in [1.29, 1.82) is 0 Å². The standard InChI is InChI=1S/C27H28FN3O4/c1-27(2,3)35-24(32)12-13-29-25(33)22-14-20-19-6-4-5-7-21(19)30(23(20)16-31(22)26(29)34)15-17-8-10-18(28)11-9-17/h4-11,22H,12-16H2,1-3H3/t22-/m0/s1. The lowest BCUT2D eigenvalue weighted by molar-refractivity contribution is -0.155. The first kappa shape index (κ1) is 23.1. The fourth-order valence-corrected chi connectivity index (χ4v) is 5.02. The lowest BCUT2D eigenvalue weighted by Crippen LogP contribution is -2.40. The van der Waals surface area contributed by atoms with E-state index < -0.39 is 17.6 Å². The molecule has 2 aliphatic heterocycles. The van der Waals surface area contributed by atoms with Crippen molar-refractivity contribution in [3.63, 3.8) is 0 Å². The Morgan fingerprint density at radius 2 is 1.80 bits per heavy atom. The van der Waals surface area contributed by atoms with Crippen molar-refractivity contribution in [1.82, 2.24) is 14.4 Å². The number of nitrogens with zero attached hydrogens (tertiary/aromatic N) is 3. The number of para-hydroxylation sites is 1. The molecule has 0 N–H and O–H groups in total. The molecule has 3 aromatic rings. The van der Waals surface area contributed by atoms with Crippen molar-refractivity contribution in [2.75, 3.05) is 6.54 Å². The summed E-state index contributed by atoms with van der Waals surface area (Å²) in [5.74, 6) is -1.01. The third-order valence-corrected chi connectivity index (χ3v) is 6.53. The molecule has 0 unspecified atom stereocenters. The SMILES string of the molecule is CC(C)(C)OC(=O)CCN1C(=O)[C@@H]2Cc3c(n(Cc4ccc(F)cc4)c4ccccc34)CN2C1=O. The van der Waals surface area contributed by atoms with Gasteiger partial charge in [-0.15, -0.1) is 0 Å². The number of carbonyl (C=O) groups excluding carboxylic acids is 3. The van der Waals surface area contributed by atoms with E-state index in [-0.39, 0.29) is 30.7 Å². The van der Waals surface area contributed by atoms with Crippen LogP contribution in [0, 0.1) is 5.82 Å². The van der Waals surface area contributed by atoms with Crippen LogP contribution < -0.4 is 0 Å². The van der Waals surface area contributed by atoms with Gasteiger partial charge in [0.1, 0.15) is 17.5 Å². The number of rotatable bonds is 5. The van der Waals surface area contributed by atoms with Crippen LogP contribution in [0.1, 0.15) is 44.0 Å². The summed E-state index contributed by atoms with van der Waals surface area (Å²) in [5.41, 5.74) is 3.37. The molecule has 3 amide bonds. The van der Waals surface area contributed by atoms with Gasteiger partial charge in [-0.25, -0.2) is 9.18 Å². The van der Waals surface area contributed by atoms with Gasteiger partial charge in [-0.05, 0) is 50.1 Å². The normalized spacial score (nSPS) is 17.7. The number of amides is 3. The number of aromatic nitrogens is 1. The van der Waals surface area contributed by atoms with Crippen molar-refractivity contribution in [3.05, 3.63) is 71.2 Å². The molecule has 35 heavy (non-hydrogen) atoms. The summed E-state index contributed by atoms with van der Waals surface area (Å²) in [4.78, 5) is 41.3. The number of hydrogen-bond acceptors (Lipinski definition) is 4. The molecule has 0 radical (unpaired) electrons. The van der Waals surface area contributed by atoms with Gasteiger partial charge in [0, 0.05) is 36.1 Å². The summed E-state index contributed by atoms with van der Waals surface area (Å²) in [7, 11) is 0. The predicted octanol–water partition coefficient (Wildman–Crippen LogP) is 4.25. The Morgan fingerprint density at radius 1 is 1.09 bits per heavy atom. The first-order chi connectivity index (χ1) is 16.6. The van der Waals surface area contributed by atoms with Gasteiger partial charge >= 0.3 is 12.0 Å². The number of carbonyl (C=O) groups is 3. The van der Waals surface area contributed by atoms with Gasteiger partial charge in [0.25, 0.3) is 5.91 Å². The highest BCUT2D eigenvalue weighted by atomic mass is 19.1. The number of imide groups is 1. The van der Waals surface area contributed by atoms with Crippen molar-refractivity contribution < 1.29 is 23.5 Å². The first-order valence-corrected chi connectivity index (χ1v) is 11.8. The zero-order chi connectivity index (χ0) is 24.9. The number of halogens is 1. The summed E-state index contributed by atoms with van der Waals surface area (Å²) < 4.78 is 20.9. The summed E-state index contributed by atoms with van der Waals surface area (Å²) in [6.45, 7) is 6.16. The average molecular weight is 478 g/mol. The number of esters is 1. The smallest absolute Gasteiger partial charge is 0.327 e. The highest BCUT2D eigenvalue weighted by Gasteiger charge is 2.48. The quantitative estimate of drug-likeness (QED) is 0.407. The molecular weight excluding hydrogens is 449 g/mol.